The van der Waals surface area contributed by atoms with Gasteiger partial charge in [-0.15, -0.1) is 0 Å². The molecule has 4 aliphatic rings. The smallest absolute Gasteiger partial charge is 0.0543 e. The fourth-order valence-corrected chi connectivity index (χ4v) is 7.56. The zero-order valence-electron chi connectivity index (χ0n) is 14.8. The van der Waals surface area contributed by atoms with E-state index in [4.69, 9.17) is 0 Å². The van der Waals surface area contributed by atoms with E-state index in [1.807, 2.05) is 0 Å². The topological polar surface area (TPSA) is 20.2 Å². The molecule has 0 heterocycles. The van der Waals surface area contributed by atoms with Gasteiger partial charge in [0.25, 0.3) is 0 Å². The maximum atomic E-state index is 10.1. The molecule has 4 saturated carbocycles. The van der Waals surface area contributed by atoms with Crippen LogP contribution in [0.25, 0.3) is 0 Å². The molecule has 4 rings (SSSR count). The van der Waals surface area contributed by atoms with Crippen molar-refractivity contribution in [2.75, 3.05) is 0 Å². The number of hydrogen-bond acceptors (Lipinski definition) is 1. The van der Waals surface area contributed by atoms with Gasteiger partial charge in [-0.1, -0.05) is 25.5 Å². The lowest BCUT2D eigenvalue weighted by Gasteiger charge is -2.60. The second-order valence-electron chi connectivity index (χ2n) is 9.39. The molecule has 1 nitrogen and oxygen atoms in total. The van der Waals surface area contributed by atoms with Crippen molar-refractivity contribution in [3.8, 4) is 0 Å². The summed E-state index contributed by atoms with van der Waals surface area (Å²) in [5.41, 5.74) is 2.82. The third-order valence-electron chi connectivity index (χ3n) is 8.83. The van der Waals surface area contributed by atoms with Gasteiger partial charge in [-0.25, -0.2) is 0 Å². The predicted octanol–water partition coefficient (Wildman–Crippen LogP) is 5.34. The Morgan fingerprint density at radius 3 is 2.59 bits per heavy atom. The average Bonchev–Trinajstić information content (AvgIpc) is 2.84. The van der Waals surface area contributed by atoms with Crippen LogP contribution < -0.4 is 0 Å². The summed E-state index contributed by atoms with van der Waals surface area (Å²) in [7, 11) is 0. The number of hydrogen-bond donors (Lipinski definition) is 1. The largest absolute Gasteiger partial charge is 0.393 e. The van der Waals surface area contributed by atoms with E-state index in [1.54, 1.807) is 5.57 Å². The third kappa shape index (κ3) is 1.93. The standard InChI is InChI=1S/C21H34O/c1-4-14-6-8-18-17-7-5-15-13-16(22)9-11-21(15,3)19(17)10-12-20(14,18)2/h4,15-19,22H,5-13H2,1-3H3/t15?,16-,17?,18?,19?,20+,21-/m0/s1. The van der Waals surface area contributed by atoms with E-state index in [0.29, 0.717) is 10.8 Å². The lowest BCUT2D eigenvalue weighted by Crippen LogP contribution is -2.53. The SMILES string of the molecule is CC=C1CCC2C3CCC4C[C@@H](O)CC[C@]4(C)C3CC[C@]12C. The van der Waals surface area contributed by atoms with Crippen molar-refractivity contribution in [2.24, 2.45) is 34.5 Å². The lowest BCUT2D eigenvalue weighted by molar-refractivity contribution is -0.116. The molecule has 0 bridgehead atoms. The molecule has 0 aromatic heterocycles. The van der Waals surface area contributed by atoms with Crippen molar-refractivity contribution in [1.29, 1.82) is 0 Å². The van der Waals surface area contributed by atoms with Gasteiger partial charge in [-0.05, 0) is 99.2 Å². The minimum absolute atomic E-state index is 0.00964. The Balaban J connectivity index is 1.63. The molecule has 0 aliphatic heterocycles. The lowest BCUT2D eigenvalue weighted by atomic mass is 9.45. The molecule has 0 saturated heterocycles. The van der Waals surface area contributed by atoms with Crippen LogP contribution in [0.3, 0.4) is 0 Å². The number of rotatable bonds is 0. The van der Waals surface area contributed by atoms with Crippen LogP contribution in [0.5, 0.6) is 0 Å². The minimum Gasteiger partial charge on any atom is -0.393 e. The summed E-state index contributed by atoms with van der Waals surface area (Å²) >= 11 is 0. The van der Waals surface area contributed by atoms with E-state index in [9.17, 15) is 5.11 Å². The summed E-state index contributed by atoms with van der Waals surface area (Å²) in [5.74, 6) is 3.65. The molecule has 0 aromatic rings. The van der Waals surface area contributed by atoms with E-state index < -0.39 is 0 Å². The highest BCUT2D eigenvalue weighted by Gasteiger charge is 2.58. The van der Waals surface area contributed by atoms with Gasteiger partial charge in [0.05, 0.1) is 6.10 Å². The van der Waals surface area contributed by atoms with Crippen LogP contribution in [0.2, 0.25) is 0 Å². The van der Waals surface area contributed by atoms with Gasteiger partial charge in [0.1, 0.15) is 0 Å². The molecule has 0 radical (unpaired) electrons. The summed E-state index contributed by atoms with van der Waals surface area (Å²) in [4.78, 5) is 0. The van der Waals surface area contributed by atoms with Crippen LogP contribution in [0, 0.1) is 34.5 Å². The molecule has 1 N–H and O–H groups in total. The molecular weight excluding hydrogens is 268 g/mol. The molecular formula is C21H34O. The summed E-state index contributed by atoms with van der Waals surface area (Å²) in [6, 6.07) is 0. The predicted molar refractivity (Wildman–Crippen MR) is 91.5 cm³/mol. The van der Waals surface area contributed by atoms with Crippen LogP contribution >= 0.6 is 0 Å². The van der Waals surface area contributed by atoms with Crippen molar-refractivity contribution in [2.45, 2.75) is 84.7 Å². The Bertz CT molecular complexity index is 480. The number of aliphatic hydroxyl groups excluding tert-OH is 1. The highest BCUT2D eigenvalue weighted by Crippen LogP contribution is 2.67. The van der Waals surface area contributed by atoms with Crippen LogP contribution in [0.1, 0.15) is 78.6 Å². The highest BCUT2D eigenvalue weighted by atomic mass is 16.3. The quantitative estimate of drug-likeness (QED) is 0.599. The maximum absolute atomic E-state index is 10.1. The van der Waals surface area contributed by atoms with E-state index in [1.165, 1.54) is 44.9 Å². The summed E-state index contributed by atoms with van der Waals surface area (Å²) < 4.78 is 0. The minimum atomic E-state index is -0.00964. The molecule has 22 heavy (non-hydrogen) atoms. The van der Waals surface area contributed by atoms with Gasteiger partial charge in [-0.3, -0.25) is 0 Å². The first-order valence-electron chi connectivity index (χ1n) is 9.83. The zero-order chi connectivity index (χ0) is 15.5. The Labute approximate surface area is 136 Å². The van der Waals surface area contributed by atoms with Gasteiger partial charge in [0.2, 0.25) is 0 Å². The van der Waals surface area contributed by atoms with E-state index in [2.05, 4.69) is 26.8 Å². The fraction of sp³-hybridized carbons (Fsp3) is 0.905. The summed E-state index contributed by atoms with van der Waals surface area (Å²) in [6.45, 7) is 7.43. The second kappa shape index (κ2) is 5.10. The summed E-state index contributed by atoms with van der Waals surface area (Å²) in [5, 5.41) is 10.1. The van der Waals surface area contributed by atoms with Crippen molar-refractivity contribution in [1.82, 2.24) is 0 Å². The van der Waals surface area contributed by atoms with Gasteiger partial charge in [0.15, 0.2) is 0 Å². The van der Waals surface area contributed by atoms with Crippen LogP contribution in [-0.4, -0.2) is 11.2 Å². The van der Waals surface area contributed by atoms with Gasteiger partial charge in [-0.2, -0.15) is 0 Å². The molecule has 0 spiro atoms. The molecule has 4 fully saturated rings. The van der Waals surface area contributed by atoms with Gasteiger partial charge >= 0.3 is 0 Å². The third-order valence-corrected chi connectivity index (χ3v) is 8.83. The normalized spacial score (nSPS) is 56.4. The Hall–Kier alpha value is -0.300. The van der Waals surface area contributed by atoms with Crippen molar-refractivity contribution in [3.63, 3.8) is 0 Å². The fourth-order valence-electron chi connectivity index (χ4n) is 7.56. The highest BCUT2D eigenvalue weighted by molar-refractivity contribution is 5.23. The van der Waals surface area contributed by atoms with Crippen LogP contribution in [0.4, 0.5) is 0 Å². The summed E-state index contributed by atoms with van der Waals surface area (Å²) in [6.07, 6.45) is 14.3. The van der Waals surface area contributed by atoms with E-state index in [-0.39, 0.29) is 6.10 Å². The van der Waals surface area contributed by atoms with Gasteiger partial charge < -0.3 is 5.11 Å². The first-order chi connectivity index (χ1) is 10.5. The monoisotopic (exact) mass is 302 g/mol. The second-order valence-corrected chi connectivity index (χ2v) is 9.39. The van der Waals surface area contributed by atoms with Crippen LogP contribution in [-0.2, 0) is 0 Å². The van der Waals surface area contributed by atoms with E-state index in [0.717, 1.165) is 36.5 Å². The Morgan fingerprint density at radius 2 is 1.82 bits per heavy atom. The number of fused-ring (bicyclic) bond motifs is 5. The average molecular weight is 303 g/mol. The molecule has 4 aliphatic carbocycles. The zero-order valence-corrected chi connectivity index (χ0v) is 14.8. The van der Waals surface area contributed by atoms with Gasteiger partial charge in [0, 0.05) is 0 Å². The molecule has 1 heteroatoms. The molecule has 0 aromatic carbocycles. The first-order valence-corrected chi connectivity index (χ1v) is 9.83. The first kappa shape index (κ1) is 15.2. The van der Waals surface area contributed by atoms with Crippen molar-refractivity contribution >= 4 is 0 Å². The Morgan fingerprint density at radius 1 is 1.00 bits per heavy atom. The number of allylic oxidation sites excluding steroid dienone is 2. The number of aliphatic hydroxyl groups is 1. The molecule has 7 atom stereocenters. The van der Waals surface area contributed by atoms with Crippen molar-refractivity contribution in [3.05, 3.63) is 11.6 Å². The van der Waals surface area contributed by atoms with E-state index >= 15 is 0 Å². The maximum Gasteiger partial charge on any atom is 0.0543 e. The van der Waals surface area contributed by atoms with Crippen LogP contribution in [0.15, 0.2) is 11.6 Å². The Kier molecular flexibility index (Phi) is 3.53. The van der Waals surface area contributed by atoms with Crippen molar-refractivity contribution < 1.29 is 5.11 Å². The molecule has 124 valence electrons. The molecule has 4 unspecified atom stereocenters. The molecule has 0 amide bonds.